The van der Waals surface area contributed by atoms with Crippen molar-refractivity contribution in [3.63, 3.8) is 0 Å². The van der Waals surface area contributed by atoms with Crippen molar-refractivity contribution < 1.29 is 9.53 Å². The van der Waals surface area contributed by atoms with Gasteiger partial charge in [0.2, 0.25) is 0 Å². The number of hydrogen-bond acceptors (Lipinski definition) is 5. The second-order valence-corrected chi connectivity index (χ2v) is 5.29. The van der Waals surface area contributed by atoms with Gasteiger partial charge in [0.15, 0.2) is 0 Å². The Kier molecular flexibility index (Phi) is 2.48. The molecule has 2 heterocycles. The van der Waals surface area contributed by atoms with Crippen LogP contribution in [0, 0.1) is 0 Å². The topological polar surface area (TPSA) is 55.3 Å². The molecule has 0 bridgehead atoms. The zero-order chi connectivity index (χ0) is 12.9. The van der Waals surface area contributed by atoms with Crippen LogP contribution in [0.1, 0.15) is 31.2 Å². The van der Waals surface area contributed by atoms with Gasteiger partial charge in [-0.15, -0.1) is 0 Å². The Morgan fingerprint density at radius 2 is 2.28 bits per heavy atom. The van der Waals surface area contributed by atoms with Crippen LogP contribution in [0.5, 0.6) is 0 Å². The van der Waals surface area contributed by atoms with Crippen molar-refractivity contribution in [1.82, 2.24) is 9.97 Å². The lowest BCUT2D eigenvalue weighted by molar-refractivity contribution is -0.143. The quantitative estimate of drug-likeness (QED) is 0.604. The van der Waals surface area contributed by atoms with Crippen molar-refractivity contribution in [2.45, 2.75) is 31.2 Å². The second kappa shape index (κ2) is 3.82. The zero-order valence-electron chi connectivity index (χ0n) is 10.3. The van der Waals surface area contributed by atoms with Crippen molar-refractivity contribution in [1.29, 1.82) is 0 Å². The van der Waals surface area contributed by atoms with Gasteiger partial charge in [-0.1, -0.05) is 18.5 Å². The van der Waals surface area contributed by atoms with Crippen LogP contribution < -0.4 is 4.90 Å². The van der Waals surface area contributed by atoms with Gasteiger partial charge in [-0.2, -0.15) is 0 Å². The maximum absolute atomic E-state index is 11.9. The molecule has 5 nitrogen and oxygen atoms in total. The maximum Gasteiger partial charge on any atom is 0.331 e. The number of aromatic nitrogens is 2. The number of carbonyl (C=O) groups excluding carboxylic acids is 1. The molecule has 2 aliphatic rings. The van der Waals surface area contributed by atoms with Crippen LogP contribution in [0.3, 0.4) is 0 Å². The maximum atomic E-state index is 11.9. The first-order valence-corrected chi connectivity index (χ1v) is 6.34. The Hall–Kier alpha value is -1.36. The molecular weight excluding hydrogens is 254 g/mol. The predicted molar refractivity (Wildman–Crippen MR) is 66.8 cm³/mol. The first kappa shape index (κ1) is 11.7. The monoisotopic (exact) mass is 267 g/mol. The van der Waals surface area contributed by atoms with E-state index in [1.807, 2.05) is 4.90 Å². The lowest BCUT2D eigenvalue weighted by atomic mass is 10.1. The van der Waals surface area contributed by atoms with E-state index in [-0.39, 0.29) is 11.9 Å². The van der Waals surface area contributed by atoms with E-state index < -0.39 is 5.54 Å². The smallest absolute Gasteiger partial charge is 0.331 e. The van der Waals surface area contributed by atoms with E-state index in [0.29, 0.717) is 5.15 Å². The summed E-state index contributed by atoms with van der Waals surface area (Å²) in [4.78, 5) is 22.3. The Bertz CT molecular complexity index is 516. The van der Waals surface area contributed by atoms with Gasteiger partial charge in [0.05, 0.1) is 7.11 Å². The summed E-state index contributed by atoms with van der Waals surface area (Å²) in [5.41, 5.74) is 0.417. The molecule has 0 saturated heterocycles. The molecule has 96 valence electrons. The van der Waals surface area contributed by atoms with Crippen molar-refractivity contribution in [2.75, 3.05) is 18.6 Å². The van der Waals surface area contributed by atoms with Gasteiger partial charge in [0.1, 0.15) is 22.8 Å². The van der Waals surface area contributed by atoms with Gasteiger partial charge < -0.3 is 9.64 Å². The minimum absolute atomic E-state index is 0.183. The van der Waals surface area contributed by atoms with Crippen LogP contribution in [0.25, 0.3) is 0 Å². The Balaban J connectivity index is 2.04. The number of anilines is 1. The molecule has 0 spiro atoms. The molecule has 6 heteroatoms. The molecule has 1 saturated carbocycles. The molecule has 1 fully saturated rings. The largest absolute Gasteiger partial charge is 0.467 e. The van der Waals surface area contributed by atoms with E-state index in [0.717, 1.165) is 30.8 Å². The Labute approximate surface area is 110 Å². The molecule has 1 unspecified atom stereocenters. The molecule has 18 heavy (non-hydrogen) atoms. The third-order valence-electron chi connectivity index (χ3n) is 3.82. The standard InChI is InChI=1S/C12H14ClN3O2/c1-7-5-16(12(3-4-12)11(17)18-2)10-8(7)9(13)14-6-15-10/h6-7H,3-5H2,1-2H3. The highest BCUT2D eigenvalue weighted by molar-refractivity contribution is 6.30. The summed E-state index contributed by atoms with van der Waals surface area (Å²) in [7, 11) is 1.43. The van der Waals surface area contributed by atoms with Crippen LogP contribution in [0.4, 0.5) is 5.82 Å². The van der Waals surface area contributed by atoms with E-state index in [1.54, 1.807) is 0 Å². The second-order valence-electron chi connectivity index (χ2n) is 4.94. The van der Waals surface area contributed by atoms with Gasteiger partial charge >= 0.3 is 5.97 Å². The lowest BCUT2D eigenvalue weighted by Gasteiger charge is -2.27. The van der Waals surface area contributed by atoms with E-state index in [4.69, 9.17) is 16.3 Å². The number of hydrogen-bond donors (Lipinski definition) is 0. The van der Waals surface area contributed by atoms with Crippen LogP contribution in [0.15, 0.2) is 6.33 Å². The van der Waals surface area contributed by atoms with E-state index >= 15 is 0 Å². The summed E-state index contributed by atoms with van der Waals surface area (Å²) in [6, 6.07) is 0. The SMILES string of the molecule is COC(=O)C1(N2CC(C)c3c(Cl)ncnc32)CC1. The molecule has 0 N–H and O–H groups in total. The van der Waals surface area contributed by atoms with Crippen LogP contribution in [-0.4, -0.2) is 35.1 Å². The van der Waals surface area contributed by atoms with Crippen molar-refractivity contribution in [3.05, 3.63) is 17.0 Å². The lowest BCUT2D eigenvalue weighted by Crippen LogP contribution is -2.44. The first-order chi connectivity index (χ1) is 8.60. The zero-order valence-corrected chi connectivity index (χ0v) is 11.1. The fraction of sp³-hybridized carbons (Fsp3) is 0.583. The molecule has 1 aromatic heterocycles. The number of methoxy groups -OCH3 is 1. The van der Waals surface area contributed by atoms with Gasteiger partial charge in [-0.3, -0.25) is 0 Å². The predicted octanol–water partition coefficient (Wildman–Crippen LogP) is 1.76. The highest BCUT2D eigenvalue weighted by Gasteiger charge is 2.58. The molecule has 1 atom stereocenters. The minimum atomic E-state index is -0.522. The van der Waals surface area contributed by atoms with Crippen molar-refractivity contribution in [2.24, 2.45) is 0 Å². The fourth-order valence-corrected chi connectivity index (χ4v) is 3.04. The Morgan fingerprint density at radius 3 is 2.89 bits per heavy atom. The van der Waals surface area contributed by atoms with E-state index in [9.17, 15) is 4.79 Å². The fourth-order valence-electron chi connectivity index (χ4n) is 2.73. The molecule has 3 rings (SSSR count). The number of fused-ring (bicyclic) bond motifs is 1. The molecular formula is C12H14ClN3O2. The van der Waals surface area contributed by atoms with Crippen LogP contribution in [-0.2, 0) is 9.53 Å². The highest BCUT2D eigenvalue weighted by Crippen LogP contribution is 2.50. The molecule has 0 amide bonds. The number of nitrogens with zero attached hydrogens (tertiary/aromatic N) is 3. The summed E-state index contributed by atoms with van der Waals surface area (Å²) in [5.74, 6) is 0.832. The minimum Gasteiger partial charge on any atom is -0.467 e. The summed E-state index contributed by atoms with van der Waals surface area (Å²) in [6.45, 7) is 2.81. The molecule has 1 aliphatic carbocycles. The molecule has 0 radical (unpaired) electrons. The number of ether oxygens (including phenoxy) is 1. The molecule has 0 aromatic carbocycles. The normalized spacial score (nSPS) is 23.7. The summed E-state index contributed by atoms with van der Waals surface area (Å²) in [5, 5.41) is 0.482. The summed E-state index contributed by atoms with van der Waals surface area (Å²) < 4.78 is 4.91. The summed E-state index contributed by atoms with van der Waals surface area (Å²) >= 11 is 6.12. The van der Waals surface area contributed by atoms with E-state index in [2.05, 4.69) is 16.9 Å². The van der Waals surface area contributed by atoms with Crippen molar-refractivity contribution >= 4 is 23.4 Å². The third kappa shape index (κ3) is 1.43. The third-order valence-corrected chi connectivity index (χ3v) is 4.13. The summed E-state index contributed by atoms with van der Waals surface area (Å²) in [6.07, 6.45) is 3.07. The number of esters is 1. The van der Waals surface area contributed by atoms with Gasteiger partial charge in [-0.25, -0.2) is 14.8 Å². The van der Waals surface area contributed by atoms with E-state index in [1.165, 1.54) is 13.4 Å². The average molecular weight is 268 g/mol. The van der Waals surface area contributed by atoms with Crippen LogP contribution in [0.2, 0.25) is 5.15 Å². The first-order valence-electron chi connectivity index (χ1n) is 5.96. The number of rotatable bonds is 2. The number of halogens is 1. The Morgan fingerprint density at radius 1 is 1.56 bits per heavy atom. The molecule has 1 aromatic rings. The average Bonchev–Trinajstić information content (AvgIpc) is 3.09. The highest BCUT2D eigenvalue weighted by atomic mass is 35.5. The molecule has 1 aliphatic heterocycles. The van der Waals surface area contributed by atoms with Gasteiger partial charge in [-0.05, 0) is 12.8 Å². The van der Waals surface area contributed by atoms with Crippen molar-refractivity contribution in [3.8, 4) is 0 Å². The number of carbonyl (C=O) groups is 1. The van der Waals surface area contributed by atoms with Crippen LogP contribution >= 0.6 is 11.6 Å². The van der Waals surface area contributed by atoms with Gasteiger partial charge in [0.25, 0.3) is 0 Å². The van der Waals surface area contributed by atoms with Gasteiger partial charge in [0, 0.05) is 18.0 Å².